The standard InChI is InChI=1S/C19H16FN3O5/c1-25-7-8-26-19-21-17(12-3-2-4-14(20)9-12)23(22-19)18(24)13-5-6-15-16(10-13)28-11-27-15/h2-6,9-10H,7-8,11H2,1H3. The fourth-order valence-corrected chi connectivity index (χ4v) is 2.68. The van der Waals surface area contributed by atoms with E-state index in [1.165, 1.54) is 25.3 Å². The van der Waals surface area contributed by atoms with E-state index in [1.807, 2.05) is 0 Å². The molecule has 2 aromatic carbocycles. The third-order valence-electron chi connectivity index (χ3n) is 4.00. The lowest BCUT2D eigenvalue weighted by molar-refractivity contribution is 0.0942. The van der Waals surface area contributed by atoms with E-state index in [2.05, 4.69) is 10.1 Å². The molecule has 0 unspecified atom stereocenters. The number of ether oxygens (including phenoxy) is 4. The summed E-state index contributed by atoms with van der Waals surface area (Å²) in [5.74, 6) is 0.268. The summed E-state index contributed by atoms with van der Waals surface area (Å²) < 4.78 is 35.7. The first-order valence-corrected chi connectivity index (χ1v) is 8.45. The second kappa shape index (κ2) is 7.65. The number of aromatic nitrogens is 3. The number of fused-ring (bicyclic) bond motifs is 1. The highest BCUT2D eigenvalue weighted by atomic mass is 19.1. The van der Waals surface area contributed by atoms with Gasteiger partial charge in [0.15, 0.2) is 17.3 Å². The van der Waals surface area contributed by atoms with Crippen LogP contribution in [-0.2, 0) is 4.74 Å². The van der Waals surface area contributed by atoms with Gasteiger partial charge in [0.1, 0.15) is 12.4 Å². The molecule has 0 radical (unpaired) electrons. The summed E-state index contributed by atoms with van der Waals surface area (Å²) in [6.45, 7) is 0.642. The Labute approximate surface area is 159 Å². The predicted octanol–water partition coefficient (Wildman–Crippen LogP) is 2.53. The van der Waals surface area contributed by atoms with Gasteiger partial charge in [0.05, 0.1) is 6.61 Å². The largest absolute Gasteiger partial charge is 0.460 e. The van der Waals surface area contributed by atoms with Crippen LogP contribution >= 0.6 is 0 Å². The van der Waals surface area contributed by atoms with Gasteiger partial charge in [-0.3, -0.25) is 4.79 Å². The molecule has 0 amide bonds. The van der Waals surface area contributed by atoms with Crippen molar-refractivity contribution < 1.29 is 28.1 Å². The zero-order valence-corrected chi connectivity index (χ0v) is 14.9. The molecule has 1 aliphatic heterocycles. The summed E-state index contributed by atoms with van der Waals surface area (Å²) in [7, 11) is 1.54. The minimum atomic E-state index is -0.466. The van der Waals surface area contributed by atoms with Crippen LogP contribution in [0.5, 0.6) is 17.5 Å². The quantitative estimate of drug-likeness (QED) is 0.603. The lowest BCUT2D eigenvalue weighted by atomic mass is 10.1. The van der Waals surface area contributed by atoms with Crippen LogP contribution in [0.15, 0.2) is 42.5 Å². The minimum absolute atomic E-state index is 0.00888. The Balaban J connectivity index is 1.72. The summed E-state index contributed by atoms with van der Waals surface area (Å²) in [6.07, 6.45) is 0. The Hall–Kier alpha value is -3.46. The highest BCUT2D eigenvalue weighted by molar-refractivity contribution is 5.98. The molecule has 0 bridgehead atoms. The molecule has 0 aliphatic carbocycles. The second-order valence-electron chi connectivity index (χ2n) is 5.85. The Morgan fingerprint density at radius 1 is 1.18 bits per heavy atom. The Bertz CT molecular complexity index is 1020. The van der Waals surface area contributed by atoms with Crippen LogP contribution in [0.3, 0.4) is 0 Å². The van der Waals surface area contributed by atoms with Gasteiger partial charge in [-0.05, 0) is 30.3 Å². The fourth-order valence-electron chi connectivity index (χ4n) is 2.68. The average molecular weight is 385 g/mol. The summed E-state index contributed by atoms with van der Waals surface area (Å²) >= 11 is 0. The number of hydrogen-bond donors (Lipinski definition) is 0. The molecular weight excluding hydrogens is 369 g/mol. The van der Waals surface area contributed by atoms with Crippen LogP contribution in [0.2, 0.25) is 0 Å². The molecule has 0 fully saturated rings. The number of methoxy groups -OCH3 is 1. The Morgan fingerprint density at radius 2 is 2.04 bits per heavy atom. The molecular formula is C19H16FN3O5. The number of benzene rings is 2. The number of carbonyl (C=O) groups excluding carboxylic acids is 1. The lowest BCUT2D eigenvalue weighted by Gasteiger charge is -2.05. The van der Waals surface area contributed by atoms with Gasteiger partial charge in [0.2, 0.25) is 6.79 Å². The van der Waals surface area contributed by atoms with Crippen molar-refractivity contribution in [3.05, 3.63) is 53.8 Å². The smallest absolute Gasteiger partial charge is 0.336 e. The van der Waals surface area contributed by atoms with Gasteiger partial charge in [-0.25, -0.2) is 4.39 Å². The van der Waals surface area contributed by atoms with Crippen LogP contribution < -0.4 is 14.2 Å². The van der Waals surface area contributed by atoms with Crippen molar-refractivity contribution in [1.82, 2.24) is 14.8 Å². The molecule has 0 saturated carbocycles. The lowest BCUT2D eigenvalue weighted by Crippen LogP contribution is -2.15. The van der Waals surface area contributed by atoms with E-state index in [-0.39, 0.29) is 25.2 Å². The van der Waals surface area contributed by atoms with Crippen molar-refractivity contribution in [3.8, 4) is 28.9 Å². The van der Waals surface area contributed by atoms with Crippen LogP contribution in [0.4, 0.5) is 4.39 Å². The molecule has 3 aromatic rings. The monoisotopic (exact) mass is 385 g/mol. The molecule has 0 N–H and O–H groups in total. The SMILES string of the molecule is COCCOc1nc(-c2cccc(F)c2)n(C(=O)c2ccc3c(c2)OCO3)n1. The van der Waals surface area contributed by atoms with Gasteiger partial charge in [0, 0.05) is 18.2 Å². The maximum Gasteiger partial charge on any atom is 0.336 e. The summed E-state index contributed by atoms with van der Waals surface area (Å²) in [6, 6.07) is 10.5. The zero-order chi connectivity index (χ0) is 19.5. The molecule has 8 nitrogen and oxygen atoms in total. The predicted molar refractivity (Wildman–Crippen MR) is 95.1 cm³/mol. The molecule has 28 heavy (non-hydrogen) atoms. The van der Waals surface area contributed by atoms with E-state index in [0.29, 0.717) is 29.2 Å². The Morgan fingerprint density at radius 3 is 2.86 bits per heavy atom. The highest BCUT2D eigenvalue weighted by Crippen LogP contribution is 2.33. The highest BCUT2D eigenvalue weighted by Gasteiger charge is 2.23. The van der Waals surface area contributed by atoms with Crippen molar-refractivity contribution in [2.24, 2.45) is 0 Å². The third-order valence-corrected chi connectivity index (χ3v) is 4.00. The van der Waals surface area contributed by atoms with E-state index in [9.17, 15) is 9.18 Å². The van der Waals surface area contributed by atoms with Gasteiger partial charge in [-0.15, -0.1) is 5.10 Å². The van der Waals surface area contributed by atoms with Gasteiger partial charge < -0.3 is 18.9 Å². The normalized spacial score (nSPS) is 12.2. The van der Waals surface area contributed by atoms with Crippen molar-refractivity contribution >= 4 is 5.91 Å². The topological polar surface area (TPSA) is 84.7 Å². The maximum absolute atomic E-state index is 13.7. The number of carbonyl (C=O) groups is 1. The van der Waals surface area contributed by atoms with Gasteiger partial charge in [0.25, 0.3) is 5.91 Å². The molecule has 2 heterocycles. The van der Waals surface area contributed by atoms with Gasteiger partial charge >= 0.3 is 6.01 Å². The van der Waals surface area contributed by atoms with Crippen molar-refractivity contribution in [1.29, 1.82) is 0 Å². The molecule has 144 valence electrons. The van der Waals surface area contributed by atoms with E-state index < -0.39 is 11.7 Å². The Kier molecular flexibility index (Phi) is 4.90. The van der Waals surface area contributed by atoms with Crippen LogP contribution in [-0.4, -0.2) is 47.8 Å². The first-order chi connectivity index (χ1) is 13.7. The van der Waals surface area contributed by atoms with E-state index >= 15 is 0 Å². The summed E-state index contributed by atoms with van der Waals surface area (Å²) in [5.41, 5.74) is 0.707. The van der Waals surface area contributed by atoms with Crippen molar-refractivity contribution in [3.63, 3.8) is 0 Å². The van der Waals surface area contributed by atoms with Crippen LogP contribution in [0, 0.1) is 5.82 Å². The molecule has 0 atom stereocenters. The molecule has 1 aromatic heterocycles. The van der Waals surface area contributed by atoms with Gasteiger partial charge in [-0.2, -0.15) is 9.67 Å². The molecule has 9 heteroatoms. The number of hydrogen-bond acceptors (Lipinski definition) is 7. The first-order valence-electron chi connectivity index (χ1n) is 8.45. The van der Waals surface area contributed by atoms with E-state index in [1.54, 1.807) is 24.3 Å². The molecule has 0 spiro atoms. The van der Waals surface area contributed by atoms with Crippen molar-refractivity contribution in [2.45, 2.75) is 0 Å². The summed E-state index contributed by atoms with van der Waals surface area (Å²) in [5, 5.41) is 4.14. The maximum atomic E-state index is 13.7. The minimum Gasteiger partial charge on any atom is -0.460 e. The molecule has 1 aliphatic rings. The van der Waals surface area contributed by atoms with Gasteiger partial charge in [-0.1, -0.05) is 12.1 Å². The van der Waals surface area contributed by atoms with Crippen molar-refractivity contribution in [2.75, 3.05) is 27.1 Å². The number of nitrogens with zero attached hydrogens (tertiary/aromatic N) is 3. The van der Waals surface area contributed by atoms with E-state index in [0.717, 1.165) is 4.68 Å². The zero-order valence-electron chi connectivity index (χ0n) is 14.9. The fraction of sp³-hybridized carbons (Fsp3) is 0.211. The molecule has 4 rings (SSSR count). The number of halogens is 1. The third kappa shape index (κ3) is 3.52. The first kappa shape index (κ1) is 17.9. The van der Waals surface area contributed by atoms with Crippen LogP contribution in [0.25, 0.3) is 11.4 Å². The average Bonchev–Trinajstić information content (AvgIpc) is 3.34. The van der Waals surface area contributed by atoms with Crippen LogP contribution in [0.1, 0.15) is 10.4 Å². The number of rotatable bonds is 6. The summed E-state index contributed by atoms with van der Waals surface area (Å²) in [4.78, 5) is 17.3. The second-order valence-corrected chi connectivity index (χ2v) is 5.85. The molecule has 0 saturated heterocycles. The van der Waals surface area contributed by atoms with E-state index in [4.69, 9.17) is 18.9 Å².